The minimum atomic E-state index is -4.38. The summed E-state index contributed by atoms with van der Waals surface area (Å²) in [5.41, 5.74) is 2.33. The van der Waals surface area contributed by atoms with Gasteiger partial charge in [0.25, 0.3) is 0 Å². The lowest BCUT2D eigenvalue weighted by atomic mass is 9.77. The molecule has 6 N–H and O–H groups in total. The fraction of sp³-hybridized carbons (Fsp3) is 0.745. The molecule has 1 aromatic rings. The highest BCUT2D eigenvalue weighted by Gasteiger charge is 2.57. The van der Waals surface area contributed by atoms with E-state index in [2.05, 4.69) is 70.6 Å². The Morgan fingerprint density at radius 3 is 2.59 bits per heavy atom. The standard InChI is InChI=1S/C51H75F4N9O6S/c1-26(2)42(58-25-68-7)46(65)62-17-9-11-36(62)45-57-24-34(60-45)30-20-32(52)41-37-21-31-19-29(12-13-35(31)64(37)48(70-38(41)22-30)39-14-15-40(71-39)51(53,54)55)33-23-56-44(59-33)28(5)50(6)16-10-18-63(50)47(66)43(27(3)4)61-49(67)69-8/h12-14,20,24,26-28,30-31,33,36-38,40-43,46,48-49,58,61,65,67H,9-11,15-19,21-23,25H2,1-8H3,(H,56,59)(H,57,60)/t28?,30-,31+,33?,36+,37+,38-,40-,41?,42+,43+,46+,48?,49-,50-/m1/s1. The Bertz CT molecular complexity index is 2260. The molecular formula is C51H75F4N9O6S. The second kappa shape index (κ2) is 21.1. The van der Waals surface area contributed by atoms with Gasteiger partial charge in [-0.15, -0.1) is 11.8 Å². The van der Waals surface area contributed by atoms with Crippen LogP contribution in [-0.2, 0) is 19.0 Å². The van der Waals surface area contributed by atoms with Crippen LogP contribution in [0.25, 0.3) is 0 Å². The largest absolute Gasteiger partial charge is 0.401 e. The number of nitrogens with zero attached hydrogens (tertiary/aromatic N) is 5. The highest BCUT2D eigenvalue weighted by Crippen LogP contribution is 2.56. The van der Waals surface area contributed by atoms with Gasteiger partial charge in [-0.3, -0.25) is 25.3 Å². The number of allylic oxidation sites excluding steroid dienone is 5. The molecule has 1 aromatic heterocycles. The number of hydrogen-bond acceptors (Lipinski definition) is 14. The van der Waals surface area contributed by atoms with Gasteiger partial charge in [0.05, 0.1) is 49.5 Å². The summed E-state index contributed by atoms with van der Waals surface area (Å²) in [4.78, 5) is 34.0. The smallest absolute Gasteiger partial charge is 0.377 e. The van der Waals surface area contributed by atoms with Crippen molar-refractivity contribution in [3.8, 4) is 0 Å². The number of rotatable bonds is 17. The summed E-state index contributed by atoms with van der Waals surface area (Å²) in [7, 11) is 2.99. The van der Waals surface area contributed by atoms with Crippen molar-refractivity contribution in [2.45, 2.75) is 171 Å². The van der Waals surface area contributed by atoms with E-state index in [4.69, 9.17) is 24.2 Å². The molecule has 0 radical (unpaired) electrons. The van der Waals surface area contributed by atoms with Crippen LogP contribution in [0.1, 0.15) is 116 Å². The van der Waals surface area contributed by atoms with Crippen molar-refractivity contribution in [1.82, 2.24) is 40.6 Å². The molecular weight excluding hydrogens is 943 g/mol. The van der Waals surface area contributed by atoms with Crippen molar-refractivity contribution in [3.63, 3.8) is 0 Å². The number of imidazole rings is 1. The molecule has 8 aliphatic rings. The number of carbonyl (C=O) groups excluding carboxylic acids is 1. The number of alkyl halides is 3. The second-order valence-corrected chi connectivity index (χ2v) is 23.2. The SMILES string of the molecule is COCN[C@@H](C(C)C)[C@H](O)N1CCC[C@H]1c1ncc([C@@H]2C=C(F)C3[C@@H](C2)OC(C2=CC[C@H](C(F)(F)F)S2)N2C4=CC=C(C5CN=C(C(C)[C@@]6(C)CCCN6C(=O)[C@@H](N[C@H](O)OC)C(C)C)N5)C[C@H]4C[C@@H]32)[nH]1. The lowest BCUT2D eigenvalue weighted by Crippen LogP contribution is -2.60. The number of ether oxygens (including phenoxy) is 3. The molecule has 71 heavy (non-hydrogen) atoms. The van der Waals surface area contributed by atoms with E-state index < -0.39 is 59.8 Å². The first kappa shape index (κ1) is 52.5. The van der Waals surface area contributed by atoms with Crippen LogP contribution < -0.4 is 16.0 Å². The minimum absolute atomic E-state index is 0.00712. The zero-order chi connectivity index (χ0) is 50.7. The Kier molecular flexibility index (Phi) is 15.6. The number of likely N-dealkylation sites (tertiary alicyclic amines) is 2. The number of H-pyrrole nitrogens is 1. The number of aromatic amines is 1. The number of nitrogens with one attached hydrogen (secondary N) is 4. The Balaban J connectivity index is 0.916. The van der Waals surface area contributed by atoms with E-state index in [9.17, 15) is 28.2 Å². The molecule has 6 aliphatic heterocycles. The highest BCUT2D eigenvalue weighted by molar-refractivity contribution is 8.04. The normalized spacial score (nSPS) is 34.3. The van der Waals surface area contributed by atoms with Crippen LogP contribution in [0, 0.1) is 29.6 Å². The summed E-state index contributed by atoms with van der Waals surface area (Å²) >= 11 is 0.815. The van der Waals surface area contributed by atoms with E-state index in [0.717, 1.165) is 60.2 Å². The van der Waals surface area contributed by atoms with Crippen molar-refractivity contribution >= 4 is 23.5 Å². The molecule has 0 saturated carbocycles. The van der Waals surface area contributed by atoms with Gasteiger partial charge in [-0.2, -0.15) is 13.2 Å². The summed E-state index contributed by atoms with van der Waals surface area (Å²) in [5, 5.41) is 30.2. The predicted molar refractivity (Wildman–Crippen MR) is 263 cm³/mol. The van der Waals surface area contributed by atoms with Gasteiger partial charge in [0.1, 0.15) is 29.0 Å². The Morgan fingerprint density at radius 1 is 1.10 bits per heavy atom. The van der Waals surface area contributed by atoms with Gasteiger partial charge in [-0.1, -0.05) is 46.8 Å². The van der Waals surface area contributed by atoms with Crippen molar-refractivity contribution in [3.05, 3.63) is 64.0 Å². The minimum Gasteiger partial charge on any atom is -0.377 e. The first-order chi connectivity index (χ1) is 33.8. The molecule has 15 nitrogen and oxygen atoms in total. The Hall–Kier alpha value is -3.34. The second-order valence-electron chi connectivity index (χ2n) is 21.9. The van der Waals surface area contributed by atoms with E-state index >= 15 is 4.39 Å². The number of carbonyl (C=O) groups is 1. The molecule has 394 valence electrons. The fourth-order valence-corrected chi connectivity index (χ4v) is 14.1. The zero-order valence-electron chi connectivity index (χ0n) is 42.3. The Labute approximate surface area is 419 Å². The first-order valence-electron chi connectivity index (χ1n) is 25.8. The van der Waals surface area contributed by atoms with Crippen LogP contribution in [0.4, 0.5) is 17.6 Å². The number of fused-ring (bicyclic) bond motifs is 5. The molecule has 0 bridgehead atoms. The van der Waals surface area contributed by atoms with Gasteiger partial charge in [0.15, 0.2) is 6.23 Å². The molecule has 4 unspecified atom stereocenters. The topological polar surface area (TPSA) is 172 Å². The molecule has 4 fully saturated rings. The number of amides is 1. The maximum atomic E-state index is 17.1. The van der Waals surface area contributed by atoms with E-state index in [1.807, 2.05) is 18.7 Å². The lowest BCUT2D eigenvalue weighted by molar-refractivity contribution is -0.153. The summed E-state index contributed by atoms with van der Waals surface area (Å²) in [5.74, 6) is 0.0821. The van der Waals surface area contributed by atoms with Gasteiger partial charge in [-0.05, 0) is 87.9 Å². The van der Waals surface area contributed by atoms with Gasteiger partial charge < -0.3 is 44.5 Å². The monoisotopic (exact) mass is 1020 g/mol. The average Bonchev–Trinajstić information content (AvgIpc) is 4.20. The number of thioether (sulfide) groups is 1. The quantitative estimate of drug-likeness (QED) is 0.0735. The molecule has 20 heteroatoms. The maximum Gasteiger partial charge on any atom is 0.401 e. The molecule has 9 rings (SSSR count). The third-order valence-corrected chi connectivity index (χ3v) is 18.3. The van der Waals surface area contributed by atoms with Crippen LogP contribution in [0.15, 0.2) is 57.5 Å². The van der Waals surface area contributed by atoms with Crippen molar-refractivity contribution in [2.75, 3.05) is 40.6 Å². The number of halogens is 4. The third kappa shape index (κ3) is 10.2. The van der Waals surface area contributed by atoms with Crippen molar-refractivity contribution in [1.29, 1.82) is 0 Å². The predicted octanol–water partition coefficient (Wildman–Crippen LogP) is 6.55. The number of methoxy groups -OCH3 is 2. The van der Waals surface area contributed by atoms with Crippen LogP contribution in [-0.4, -0.2) is 153 Å². The first-order valence-corrected chi connectivity index (χ1v) is 26.7. The average molecular weight is 1020 g/mol. The highest BCUT2D eigenvalue weighted by atomic mass is 32.2. The maximum absolute atomic E-state index is 17.1. The van der Waals surface area contributed by atoms with Crippen molar-refractivity contribution in [2.24, 2.45) is 34.6 Å². The Morgan fingerprint density at radius 2 is 1.89 bits per heavy atom. The van der Waals surface area contributed by atoms with Crippen LogP contribution >= 0.6 is 11.8 Å². The van der Waals surface area contributed by atoms with Crippen LogP contribution in [0.3, 0.4) is 0 Å². The number of amidine groups is 1. The van der Waals surface area contributed by atoms with E-state index in [-0.39, 0.29) is 66.0 Å². The zero-order valence-corrected chi connectivity index (χ0v) is 43.1. The number of aliphatic imine (C=N–C) groups is 1. The molecule has 15 atom stereocenters. The molecule has 1 amide bonds. The third-order valence-electron chi connectivity index (χ3n) is 17.0. The number of hydrogen-bond donors (Lipinski definition) is 6. The van der Waals surface area contributed by atoms with Crippen molar-refractivity contribution < 1.29 is 46.8 Å². The van der Waals surface area contributed by atoms with E-state index in [1.54, 1.807) is 25.5 Å². The lowest BCUT2D eigenvalue weighted by Gasteiger charge is -2.50. The van der Waals surface area contributed by atoms with Crippen LogP contribution in [0.5, 0.6) is 0 Å². The molecule has 0 spiro atoms. The van der Waals surface area contributed by atoms with Gasteiger partial charge in [-0.25, -0.2) is 9.37 Å². The summed E-state index contributed by atoms with van der Waals surface area (Å²) in [6.45, 7) is 14.3. The fourth-order valence-electron chi connectivity index (χ4n) is 12.9. The number of aliphatic hydroxyl groups excluding tert-OH is 2. The molecule has 4 saturated heterocycles. The van der Waals surface area contributed by atoms with Gasteiger partial charge in [0.2, 0.25) is 12.3 Å². The summed E-state index contributed by atoms with van der Waals surface area (Å²) in [6, 6.07) is -1.46. The van der Waals surface area contributed by atoms with Crippen LogP contribution in [0.2, 0.25) is 0 Å². The molecule has 7 heterocycles. The summed E-state index contributed by atoms with van der Waals surface area (Å²) in [6.07, 6.45) is 6.35. The number of aromatic nitrogens is 2. The molecule has 0 aromatic carbocycles. The van der Waals surface area contributed by atoms with E-state index in [0.29, 0.717) is 56.4 Å². The number of aliphatic hydroxyl groups is 2. The summed E-state index contributed by atoms with van der Waals surface area (Å²) < 4.78 is 76.8. The van der Waals surface area contributed by atoms with E-state index in [1.165, 1.54) is 7.11 Å². The molecule has 2 aliphatic carbocycles. The van der Waals surface area contributed by atoms with Gasteiger partial charge >= 0.3 is 6.18 Å². The van der Waals surface area contributed by atoms with Gasteiger partial charge in [0, 0.05) is 79.1 Å².